The molecule has 32 heavy (non-hydrogen) atoms. The SMILES string of the molecule is Cc1ccc(CNC(=O)[C@@H](C)N(Cc2ccc(F)cc2)C(=O)Cc2ccc(Cl)cc2)cc1. The Kier molecular flexibility index (Phi) is 8.01. The predicted octanol–water partition coefficient (Wildman–Crippen LogP) is 5.06. The van der Waals surface area contributed by atoms with Gasteiger partial charge in [-0.05, 0) is 54.8 Å². The number of hydrogen-bond donors (Lipinski definition) is 1. The third-order valence-corrected chi connectivity index (χ3v) is 5.54. The molecule has 0 fully saturated rings. The quantitative estimate of drug-likeness (QED) is 0.519. The van der Waals surface area contributed by atoms with Gasteiger partial charge in [-0.15, -0.1) is 0 Å². The molecule has 3 aromatic rings. The number of hydrogen-bond acceptors (Lipinski definition) is 2. The van der Waals surface area contributed by atoms with E-state index in [2.05, 4.69) is 5.32 Å². The summed E-state index contributed by atoms with van der Waals surface area (Å²) in [7, 11) is 0. The van der Waals surface area contributed by atoms with Gasteiger partial charge in [0.2, 0.25) is 11.8 Å². The lowest BCUT2D eigenvalue weighted by Crippen LogP contribution is -2.48. The van der Waals surface area contributed by atoms with Crippen LogP contribution in [0.15, 0.2) is 72.8 Å². The molecule has 0 unspecified atom stereocenters. The minimum atomic E-state index is -0.703. The van der Waals surface area contributed by atoms with Gasteiger partial charge in [0.1, 0.15) is 11.9 Å². The zero-order chi connectivity index (χ0) is 23.1. The second-order valence-electron chi connectivity index (χ2n) is 7.83. The van der Waals surface area contributed by atoms with Crippen molar-refractivity contribution in [1.29, 1.82) is 0 Å². The predicted molar refractivity (Wildman–Crippen MR) is 125 cm³/mol. The maximum absolute atomic E-state index is 13.3. The molecule has 1 atom stereocenters. The molecule has 0 radical (unpaired) electrons. The summed E-state index contributed by atoms with van der Waals surface area (Å²) >= 11 is 5.94. The van der Waals surface area contributed by atoms with E-state index in [1.807, 2.05) is 31.2 Å². The van der Waals surface area contributed by atoms with Crippen LogP contribution in [-0.4, -0.2) is 22.8 Å². The molecule has 0 spiro atoms. The minimum Gasteiger partial charge on any atom is -0.350 e. The van der Waals surface area contributed by atoms with Crippen molar-refractivity contribution in [2.75, 3.05) is 0 Å². The first kappa shape index (κ1) is 23.5. The number of carbonyl (C=O) groups is 2. The molecule has 0 aliphatic rings. The molecular formula is C26H26ClFN2O2. The maximum Gasteiger partial charge on any atom is 0.242 e. The summed E-state index contributed by atoms with van der Waals surface area (Å²) in [6.07, 6.45) is 0.133. The van der Waals surface area contributed by atoms with Crippen molar-refractivity contribution in [2.45, 2.75) is 39.4 Å². The topological polar surface area (TPSA) is 49.4 Å². The standard InChI is InChI=1S/C26H26ClFN2O2/c1-18-3-5-21(6-4-18)16-29-26(32)19(2)30(17-22-9-13-24(28)14-10-22)25(31)15-20-7-11-23(27)12-8-20/h3-14,19H,15-17H2,1-2H3,(H,29,32)/t19-/m1/s1. The van der Waals surface area contributed by atoms with Crippen LogP contribution >= 0.6 is 11.6 Å². The average Bonchev–Trinajstić information content (AvgIpc) is 2.79. The first-order chi connectivity index (χ1) is 15.3. The molecule has 4 nitrogen and oxygen atoms in total. The first-order valence-corrected chi connectivity index (χ1v) is 10.8. The molecule has 0 aliphatic carbocycles. The fourth-order valence-corrected chi connectivity index (χ4v) is 3.42. The molecule has 3 rings (SSSR count). The molecule has 0 heterocycles. The van der Waals surface area contributed by atoms with Crippen molar-refractivity contribution >= 4 is 23.4 Å². The van der Waals surface area contributed by atoms with Gasteiger partial charge in [-0.25, -0.2) is 4.39 Å². The summed E-state index contributed by atoms with van der Waals surface area (Å²) < 4.78 is 13.3. The van der Waals surface area contributed by atoms with E-state index in [4.69, 9.17) is 11.6 Å². The number of benzene rings is 3. The van der Waals surface area contributed by atoms with Gasteiger partial charge < -0.3 is 10.2 Å². The molecule has 3 aromatic carbocycles. The van der Waals surface area contributed by atoms with Crippen LogP contribution in [-0.2, 0) is 29.1 Å². The van der Waals surface area contributed by atoms with Crippen LogP contribution < -0.4 is 5.32 Å². The summed E-state index contributed by atoms with van der Waals surface area (Å²) in [5.41, 5.74) is 3.67. The monoisotopic (exact) mass is 452 g/mol. The Morgan fingerprint density at radius 3 is 2.09 bits per heavy atom. The summed E-state index contributed by atoms with van der Waals surface area (Å²) in [4.78, 5) is 27.6. The van der Waals surface area contributed by atoms with E-state index in [0.717, 1.165) is 22.3 Å². The fourth-order valence-electron chi connectivity index (χ4n) is 3.29. The highest BCUT2D eigenvalue weighted by molar-refractivity contribution is 6.30. The second-order valence-corrected chi connectivity index (χ2v) is 8.27. The lowest BCUT2D eigenvalue weighted by atomic mass is 10.1. The summed E-state index contributed by atoms with van der Waals surface area (Å²) in [6.45, 7) is 4.28. The molecule has 166 valence electrons. The van der Waals surface area contributed by atoms with Crippen LogP contribution in [0, 0.1) is 12.7 Å². The summed E-state index contributed by atoms with van der Waals surface area (Å²) in [6, 6.07) is 20.2. The zero-order valence-electron chi connectivity index (χ0n) is 18.1. The van der Waals surface area contributed by atoms with Gasteiger partial charge in [-0.2, -0.15) is 0 Å². The van der Waals surface area contributed by atoms with Gasteiger partial charge in [0.15, 0.2) is 0 Å². The Balaban J connectivity index is 1.73. The Labute approximate surface area is 193 Å². The van der Waals surface area contributed by atoms with E-state index in [1.54, 1.807) is 43.3 Å². The van der Waals surface area contributed by atoms with Crippen LogP contribution in [0.1, 0.15) is 29.2 Å². The highest BCUT2D eigenvalue weighted by atomic mass is 35.5. The summed E-state index contributed by atoms with van der Waals surface area (Å²) in [5.74, 6) is -0.802. The zero-order valence-corrected chi connectivity index (χ0v) is 18.9. The Morgan fingerprint density at radius 1 is 0.906 bits per heavy atom. The molecule has 6 heteroatoms. The van der Waals surface area contributed by atoms with Crippen LogP contribution in [0.2, 0.25) is 5.02 Å². The van der Waals surface area contributed by atoms with E-state index in [0.29, 0.717) is 11.6 Å². The number of nitrogens with one attached hydrogen (secondary N) is 1. The van der Waals surface area contributed by atoms with E-state index < -0.39 is 6.04 Å². The lowest BCUT2D eigenvalue weighted by Gasteiger charge is -2.29. The Hall–Kier alpha value is -3.18. The number of carbonyl (C=O) groups excluding carboxylic acids is 2. The van der Waals surface area contributed by atoms with Crippen molar-refractivity contribution in [3.05, 3.63) is 106 Å². The smallest absolute Gasteiger partial charge is 0.242 e. The lowest BCUT2D eigenvalue weighted by molar-refractivity contribution is -0.140. The number of nitrogens with zero attached hydrogens (tertiary/aromatic N) is 1. The first-order valence-electron chi connectivity index (χ1n) is 10.4. The van der Waals surface area contributed by atoms with Crippen LogP contribution in [0.5, 0.6) is 0 Å². The Morgan fingerprint density at radius 2 is 1.47 bits per heavy atom. The third kappa shape index (κ3) is 6.66. The molecule has 0 saturated carbocycles. The number of rotatable bonds is 8. The van der Waals surface area contributed by atoms with Gasteiger partial charge in [-0.3, -0.25) is 9.59 Å². The van der Waals surface area contributed by atoms with Crippen LogP contribution in [0.4, 0.5) is 4.39 Å². The average molecular weight is 453 g/mol. The molecule has 1 N–H and O–H groups in total. The molecular weight excluding hydrogens is 427 g/mol. The minimum absolute atomic E-state index is 0.133. The van der Waals surface area contributed by atoms with Crippen molar-refractivity contribution in [3.63, 3.8) is 0 Å². The van der Waals surface area contributed by atoms with E-state index in [1.165, 1.54) is 17.0 Å². The van der Waals surface area contributed by atoms with Gasteiger partial charge in [0.25, 0.3) is 0 Å². The van der Waals surface area contributed by atoms with Crippen molar-refractivity contribution < 1.29 is 14.0 Å². The third-order valence-electron chi connectivity index (χ3n) is 5.29. The second kappa shape index (κ2) is 10.9. The van der Waals surface area contributed by atoms with Crippen LogP contribution in [0.25, 0.3) is 0 Å². The number of halogens is 2. The Bertz CT molecular complexity index is 1050. The highest BCUT2D eigenvalue weighted by Gasteiger charge is 2.26. The summed E-state index contributed by atoms with van der Waals surface area (Å²) in [5, 5.41) is 3.50. The molecule has 0 aliphatic heterocycles. The molecule has 0 saturated heterocycles. The number of amides is 2. The van der Waals surface area contributed by atoms with E-state index in [9.17, 15) is 14.0 Å². The molecule has 2 amide bonds. The van der Waals surface area contributed by atoms with Crippen molar-refractivity contribution in [2.24, 2.45) is 0 Å². The normalized spacial score (nSPS) is 11.6. The van der Waals surface area contributed by atoms with Gasteiger partial charge in [-0.1, -0.05) is 65.7 Å². The van der Waals surface area contributed by atoms with Crippen molar-refractivity contribution in [3.8, 4) is 0 Å². The van der Waals surface area contributed by atoms with Gasteiger partial charge in [0, 0.05) is 18.1 Å². The molecule has 0 aromatic heterocycles. The van der Waals surface area contributed by atoms with Crippen LogP contribution in [0.3, 0.4) is 0 Å². The molecule has 0 bridgehead atoms. The fraction of sp³-hybridized carbons (Fsp3) is 0.231. The highest BCUT2D eigenvalue weighted by Crippen LogP contribution is 2.15. The maximum atomic E-state index is 13.3. The van der Waals surface area contributed by atoms with Gasteiger partial charge >= 0.3 is 0 Å². The van der Waals surface area contributed by atoms with Gasteiger partial charge in [0.05, 0.1) is 6.42 Å². The van der Waals surface area contributed by atoms with E-state index >= 15 is 0 Å². The van der Waals surface area contributed by atoms with E-state index in [-0.39, 0.29) is 30.6 Å². The van der Waals surface area contributed by atoms with Crippen molar-refractivity contribution in [1.82, 2.24) is 10.2 Å². The number of aryl methyl sites for hydroxylation is 1. The largest absolute Gasteiger partial charge is 0.350 e.